The molecule has 0 aromatic carbocycles. The SMILES string of the molecule is CCO[C@@H]([C@H]1C[C@@H](C)[C@H]2[C@H](O1)[C@H](O)[C@@]1(C)[C@@H]3CC[C@H]4C(C)(C)[C@@H](O[C@H]5CN([C@H](C)C(=O)N(C)C)CCO5)CCC45C[C@@]35CC[C@]21C)C(C)(C)O. The molecule has 5 saturated carbocycles. The van der Waals surface area contributed by atoms with Gasteiger partial charge in [-0.3, -0.25) is 9.69 Å². The van der Waals surface area contributed by atoms with Crippen molar-refractivity contribution >= 4 is 5.91 Å². The smallest absolute Gasteiger partial charge is 0.239 e. The van der Waals surface area contributed by atoms with Crippen LogP contribution in [0.5, 0.6) is 0 Å². The molecule has 1 amide bonds. The molecule has 2 N–H and O–H groups in total. The number of rotatable bonds is 8. The molecule has 1 unspecified atom stereocenters. The molecule has 0 radical (unpaired) electrons. The van der Waals surface area contributed by atoms with Gasteiger partial charge in [-0.15, -0.1) is 0 Å². The number of nitrogens with zero attached hydrogens (tertiary/aromatic N) is 2. The van der Waals surface area contributed by atoms with Gasteiger partial charge in [0.15, 0.2) is 6.29 Å². The minimum atomic E-state index is -1.03. The van der Waals surface area contributed by atoms with Gasteiger partial charge in [-0.2, -0.15) is 0 Å². The van der Waals surface area contributed by atoms with E-state index in [4.69, 9.17) is 18.9 Å². The number of aliphatic hydroxyl groups excluding tert-OH is 1. The Hall–Kier alpha value is -0.810. The molecule has 0 aromatic rings. The van der Waals surface area contributed by atoms with E-state index in [-0.39, 0.29) is 58.2 Å². The van der Waals surface area contributed by atoms with Gasteiger partial charge in [-0.1, -0.05) is 34.6 Å². The van der Waals surface area contributed by atoms with Crippen LogP contribution in [0.2, 0.25) is 0 Å². The van der Waals surface area contributed by atoms with Crippen molar-refractivity contribution in [2.75, 3.05) is 40.4 Å². The number of amides is 1. The number of morpholine rings is 1. The predicted octanol–water partition coefficient (Wildman–Crippen LogP) is 5.50. The summed E-state index contributed by atoms with van der Waals surface area (Å²) in [5.74, 6) is 1.83. The van der Waals surface area contributed by atoms with Crippen molar-refractivity contribution in [2.24, 2.45) is 50.7 Å². The average molecular weight is 703 g/mol. The summed E-state index contributed by atoms with van der Waals surface area (Å²) < 4.78 is 26.2. The van der Waals surface area contributed by atoms with Crippen molar-refractivity contribution in [3.8, 4) is 0 Å². The Labute approximate surface area is 302 Å². The average Bonchev–Trinajstić information content (AvgIpc) is 3.68. The maximum Gasteiger partial charge on any atom is 0.239 e. The maximum atomic E-state index is 12.7. The Morgan fingerprint density at radius 3 is 2.40 bits per heavy atom. The summed E-state index contributed by atoms with van der Waals surface area (Å²) in [7, 11) is 3.64. The van der Waals surface area contributed by atoms with E-state index in [1.807, 2.05) is 41.8 Å². The fourth-order valence-corrected chi connectivity index (χ4v) is 14.5. The Morgan fingerprint density at radius 2 is 1.74 bits per heavy atom. The second-order valence-electron chi connectivity index (χ2n) is 19.9. The second-order valence-corrected chi connectivity index (χ2v) is 19.9. The molecule has 15 atom stereocenters. The first kappa shape index (κ1) is 37.5. The fourth-order valence-electron chi connectivity index (χ4n) is 14.5. The van der Waals surface area contributed by atoms with Gasteiger partial charge in [0.25, 0.3) is 0 Å². The van der Waals surface area contributed by atoms with E-state index < -0.39 is 17.8 Å². The van der Waals surface area contributed by atoms with Gasteiger partial charge in [-0.05, 0) is 124 Å². The van der Waals surface area contributed by atoms with Crippen LogP contribution in [-0.2, 0) is 23.7 Å². The first-order valence-corrected chi connectivity index (χ1v) is 20.2. The van der Waals surface area contributed by atoms with Crippen LogP contribution in [0.3, 0.4) is 0 Å². The van der Waals surface area contributed by atoms with Gasteiger partial charge < -0.3 is 34.1 Å². The summed E-state index contributed by atoms with van der Waals surface area (Å²) in [5, 5.41) is 23.7. The molecular formula is C41H70N2O7. The largest absolute Gasteiger partial charge is 0.390 e. The van der Waals surface area contributed by atoms with Crippen LogP contribution < -0.4 is 0 Å². The van der Waals surface area contributed by atoms with Gasteiger partial charge in [-0.25, -0.2) is 0 Å². The lowest BCUT2D eigenvalue weighted by Crippen LogP contribution is -2.60. The summed E-state index contributed by atoms with van der Waals surface area (Å²) in [6, 6.07) is -0.191. The third-order valence-corrected chi connectivity index (χ3v) is 16.9. The van der Waals surface area contributed by atoms with Gasteiger partial charge in [0.1, 0.15) is 6.10 Å². The minimum Gasteiger partial charge on any atom is -0.390 e. The molecule has 0 bridgehead atoms. The molecule has 2 aliphatic heterocycles. The standard InChI is InChI=1S/C41H70N2O7/c1-12-47-34(37(6,7)46)26-21-24(2)31-32(49-26)33(44)39(9)28-14-13-27-36(4,5)29(15-16-40(27)23-41(28,40)18-17-38(31,39)8)50-30-22-43(19-20-48-30)25(3)35(45)42(10)11/h24-34,44,46H,12-23H2,1-11H3/t24-,25-,26-,27+,28+,29+,30+,31+,32+,33+,34+,38-,39-,40?,41+/m1/s1. The number of hydrogen-bond donors (Lipinski definition) is 2. The zero-order valence-electron chi connectivity index (χ0n) is 33.2. The van der Waals surface area contributed by atoms with Gasteiger partial charge in [0.2, 0.25) is 5.91 Å². The Kier molecular flexibility index (Phi) is 9.27. The second kappa shape index (κ2) is 12.4. The van der Waals surface area contributed by atoms with Crippen molar-refractivity contribution < 1.29 is 34.0 Å². The molecule has 2 heterocycles. The van der Waals surface area contributed by atoms with Crippen LogP contribution >= 0.6 is 0 Å². The number of ether oxygens (including phenoxy) is 4. The summed E-state index contributed by atoms with van der Waals surface area (Å²) in [4.78, 5) is 16.6. The molecule has 7 fully saturated rings. The topological polar surface area (TPSA) is 101 Å². The number of carbonyl (C=O) groups excluding carboxylic acids is 1. The molecule has 0 aromatic heterocycles. The number of aliphatic hydroxyl groups is 2. The Balaban J connectivity index is 1.10. The van der Waals surface area contributed by atoms with Crippen molar-refractivity contribution in [1.82, 2.24) is 9.80 Å². The lowest BCUT2D eigenvalue weighted by molar-refractivity contribution is -0.250. The molecule has 2 spiro atoms. The third-order valence-electron chi connectivity index (χ3n) is 16.9. The molecule has 7 aliphatic rings. The minimum absolute atomic E-state index is 0.00357. The Bertz CT molecular complexity index is 1300. The van der Waals surface area contributed by atoms with Crippen LogP contribution in [-0.4, -0.2) is 115 Å². The number of fused-ring (bicyclic) bond motifs is 4. The molecule has 7 rings (SSSR count). The van der Waals surface area contributed by atoms with Gasteiger partial charge in [0.05, 0.1) is 49.2 Å². The summed E-state index contributed by atoms with van der Waals surface area (Å²) in [6.07, 6.45) is 7.39. The molecule has 2 saturated heterocycles. The first-order valence-electron chi connectivity index (χ1n) is 20.2. The van der Waals surface area contributed by atoms with Gasteiger partial charge in [0, 0.05) is 32.7 Å². The molecule has 5 aliphatic carbocycles. The molecule has 50 heavy (non-hydrogen) atoms. The van der Waals surface area contributed by atoms with Crippen molar-refractivity contribution in [1.29, 1.82) is 0 Å². The first-order chi connectivity index (χ1) is 23.3. The molecule has 9 nitrogen and oxygen atoms in total. The van der Waals surface area contributed by atoms with Crippen molar-refractivity contribution in [3.63, 3.8) is 0 Å². The highest BCUT2D eigenvalue weighted by molar-refractivity contribution is 5.80. The van der Waals surface area contributed by atoms with Crippen LogP contribution in [0.4, 0.5) is 0 Å². The quantitative estimate of drug-likeness (QED) is 0.343. The number of likely N-dealkylation sites (N-methyl/N-ethyl adjacent to an activating group) is 1. The third kappa shape index (κ3) is 5.12. The number of carbonyl (C=O) groups is 1. The number of hydrogen-bond acceptors (Lipinski definition) is 8. The monoisotopic (exact) mass is 703 g/mol. The predicted molar refractivity (Wildman–Crippen MR) is 192 cm³/mol. The van der Waals surface area contributed by atoms with Gasteiger partial charge >= 0.3 is 0 Å². The van der Waals surface area contributed by atoms with E-state index in [1.165, 1.54) is 25.7 Å². The lowest BCUT2D eigenvalue weighted by atomic mass is 9.41. The fraction of sp³-hybridized carbons (Fsp3) is 0.976. The van der Waals surface area contributed by atoms with Crippen molar-refractivity contribution in [2.45, 2.75) is 162 Å². The zero-order valence-corrected chi connectivity index (χ0v) is 33.2. The van der Waals surface area contributed by atoms with Crippen LogP contribution in [0.25, 0.3) is 0 Å². The van der Waals surface area contributed by atoms with E-state index in [0.717, 1.165) is 32.2 Å². The Morgan fingerprint density at radius 1 is 1.06 bits per heavy atom. The maximum absolute atomic E-state index is 12.7. The highest BCUT2D eigenvalue weighted by atomic mass is 16.7. The highest BCUT2D eigenvalue weighted by Crippen LogP contribution is 2.89. The van der Waals surface area contributed by atoms with Crippen LogP contribution in [0.1, 0.15) is 114 Å². The molecule has 9 heteroatoms. The normalized spacial score (nSPS) is 49.4. The lowest BCUT2D eigenvalue weighted by Gasteiger charge is -2.64. The van der Waals surface area contributed by atoms with E-state index in [2.05, 4.69) is 39.5 Å². The van der Waals surface area contributed by atoms with E-state index in [1.54, 1.807) is 4.90 Å². The van der Waals surface area contributed by atoms with Crippen LogP contribution in [0.15, 0.2) is 0 Å². The zero-order chi connectivity index (χ0) is 36.4. The summed E-state index contributed by atoms with van der Waals surface area (Å²) in [6.45, 7) is 22.3. The van der Waals surface area contributed by atoms with E-state index >= 15 is 0 Å². The van der Waals surface area contributed by atoms with Crippen LogP contribution in [0, 0.1) is 50.7 Å². The van der Waals surface area contributed by atoms with Crippen molar-refractivity contribution in [3.05, 3.63) is 0 Å². The summed E-state index contributed by atoms with van der Waals surface area (Å²) in [5.41, 5.74) is -0.685. The molecule has 286 valence electrons. The summed E-state index contributed by atoms with van der Waals surface area (Å²) >= 11 is 0. The van der Waals surface area contributed by atoms with E-state index in [0.29, 0.717) is 48.8 Å². The molecular weight excluding hydrogens is 632 g/mol. The van der Waals surface area contributed by atoms with E-state index in [9.17, 15) is 15.0 Å². The highest BCUT2D eigenvalue weighted by Gasteiger charge is 2.84.